The number of aliphatic hydroxyl groups is 1. The fourth-order valence-electron chi connectivity index (χ4n) is 2.61. The molecule has 1 aliphatic rings. The van der Waals surface area contributed by atoms with Crippen LogP contribution in [0.4, 0.5) is 0 Å². The van der Waals surface area contributed by atoms with Crippen LogP contribution in [-0.2, 0) is 4.79 Å². The first kappa shape index (κ1) is 13.1. The van der Waals surface area contributed by atoms with Gasteiger partial charge in [0, 0.05) is 13.1 Å². The molecule has 97 valence electrons. The van der Waals surface area contributed by atoms with Gasteiger partial charge >= 0.3 is 0 Å². The summed E-state index contributed by atoms with van der Waals surface area (Å²) in [5.41, 5.74) is 2.37. The minimum atomic E-state index is -0.887. The summed E-state index contributed by atoms with van der Waals surface area (Å²) in [6.07, 6.45) is 1.01. The third kappa shape index (κ3) is 2.72. The van der Waals surface area contributed by atoms with Crippen LogP contribution in [0.1, 0.15) is 36.8 Å². The number of piperidine rings is 1. The van der Waals surface area contributed by atoms with Crippen molar-refractivity contribution in [3.63, 3.8) is 0 Å². The first-order chi connectivity index (χ1) is 8.59. The zero-order valence-corrected chi connectivity index (χ0v) is 10.8. The van der Waals surface area contributed by atoms with Gasteiger partial charge in [0.25, 0.3) is 5.91 Å². The molecule has 1 saturated heterocycles. The highest BCUT2D eigenvalue weighted by atomic mass is 16.3. The van der Waals surface area contributed by atoms with E-state index in [0.717, 1.165) is 31.5 Å². The standard InChI is InChI=1S/C15H20NO2/c1-11-5-3-4-6-14(11)13-7-9-16(10-8-13)15(18)12(2)17/h3-6,12-13,17H,1,7-10H2,2H3/t12-/m0/s1. The van der Waals surface area contributed by atoms with Crippen molar-refractivity contribution in [2.24, 2.45) is 0 Å². The number of hydrogen-bond donors (Lipinski definition) is 1. The Labute approximate surface area is 108 Å². The lowest BCUT2D eigenvalue weighted by Gasteiger charge is -2.33. The molecule has 1 atom stereocenters. The first-order valence-corrected chi connectivity index (χ1v) is 6.47. The van der Waals surface area contributed by atoms with Crippen LogP contribution < -0.4 is 0 Å². The fraction of sp³-hybridized carbons (Fsp3) is 0.467. The van der Waals surface area contributed by atoms with Crippen molar-refractivity contribution < 1.29 is 9.90 Å². The second-order valence-corrected chi connectivity index (χ2v) is 4.97. The average Bonchev–Trinajstić information content (AvgIpc) is 2.38. The number of aliphatic hydroxyl groups excluding tert-OH is 1. The van der Waals surface area contributed by atoms with Crippen molar-refractivity contribution in [3.05, 3.63) is 42.3 Å². The second-order valence-electron chi connectivity index (χ2n) is 4.97. The predicted octanol–water partition coefficient (Wildman–Crippen LogP) is 1.96. The van der Waals surface area contributed by atoms with E-state index in [4.69, 9.17) is 0 Å². The van der Waals surface area contributed by atoms with Crippen molar-refractivity contribution in [1.29, 1.82) is 0 Å². The van der Waals surface area contributed by atoms with Crippen molar-refractivity contribution in [2.75, 3.05) is 13.1 Å². The molecule has 0 unspecified atom stereocenters. The minimum Gasteiger partial charge on any atom is -0.384 e. The highest BCUT2D eigenvalue weighted by Gasteiger charge is 2.26. The van der Waals surface area contributed by atoms with E-state index >= 15 is 0 Å². The van der Waals surface area contributed by atoms with Crippen molar-refractivity contribution in [1.82, 2.24) is 4.90 Å². The summed E-state index contributed by atoms with van der Waals surface area (Å²) in [5.74, 6) is 0.327. The van der Waals surface area contributed by atoms with Crippen LogP contribution in [0.5, 0.6) is 0 Å². The average molecular weight is 246 g/mol. The number of likely N-dealkylation sites (tertiary alicyclic amines) is 1. The number of benzene rings is 1. The van der Waals surface area contributed by atoms with E-state index in [0.29, 0.717) is 5.92 Å². The zero-order chi connectivity index (χ0) is 13.1. The molecule has 1 radical (unpaired) electrons. The van der Waals surface area contributed by atoms with Crippen molar-refractivity contribution in [2.45, 2.75) is 31.8 Å². The summed E-state index contributed by atoms with van der Waals surface area (Å²) in [6, 6.07) is 8.19. The summed E-state index contributed by atoms with van der Waals surface area (Å²) in [5, 5.41) is 9.30. The van der Waals surface area contributed by atoms with Crippen LogP contribution in [-0.4, -0.2) is 35.1 Å². The van der Waals surface area contributed by atoms with Gasteiger partial charge in [-0.05, 0) is 43.7 Å². The second kappa shape index (κ2) is 5.53. The van der Waals surface area contributed by atoms with Crippen LogP contribution in [0, 0.1) is 6.92 Å². The number of hydrogen-bond acceptors (Lipinski definition) is 2. The Morgan fingerprint density at radius 2 is 2.00 bits per heavy atom. The normalized spacial score (nSPS) is 18.7. The van der Waals surface area contributed by atoms with Gasteiger partial charge in [-0.25, -0.2) is 0 Å². The Morgan fingerprint density at radius 1 is 1.39 bits per heavy atom. The lowest BCUT2D eigenvalue weighted by molar-refractivity contribution is -0.140. The van der Waals surface area contributed by atoms with Gasteiger partial charge in [0.2, 0.25) is 0 Å². The molecule has 1 amide bonds. The van der Waals surface area contributed by atoms with Crippen molar-refractivity contribution >= 4 is 5.91 Å². The molecule has 1 aromatic carbocycles. The van der Waals surface area contributed by atoms with E-state index in [1.807, 2.05) is 18.2 Å². The maximum atomic E-state index is 11.7. The molecule has 1 fully saturated rings. The summed E-state index contributed by atoms with van der Waals surface area (Å²) in [7, 11) is 0. The van der Waals surface area contributed by atoms with E-state index in [-0.39, 0.29) is 5.91 Å². The smallest absolute Gasteiger partial charge is 0.251 e. The molecule has 1 aliphatic heterocycles. The largest absolute Gasteiger partial charge is 0.384 e. The van der Waals surface area contributed by atoms with Gasteiger partial charge in [-0.2, -0.15) is 0 Å². The van der Waals surface area contributed by atoms with E-state index < -0.39 is 6.10 Å². The summed E-state index contributed by atoms with van der Waals surface area (Å²) >= 11 is 0. The topological polar surface area (TPSA) is 40.5 Å². The molecule has 0 spiro atoms. The number of amides is 1. The predicted molar refractivity (Wildman–Crippen MR) is 71.1 cm³/mol. The molecule has 1 heterocycles. The maximum absolute atomic E-state index is 11.7. The molecular weight excluding hydrogens is 226 g/mol. The molecule has 3 nitrogen and oxygen atoms in total. The van der Waals surface area contributed by atoms with Gasteiger partial charge in [0.15, 0.2) is 0 Å². The third-order valence-electron chi connectivity index (χ3n) is 3.66. The van der Waals surface area contributed by atoms with Gasteiger partial charge in [-0.3, -0.25) is 4.79 Å². The first-order valence-electron chi connectivity index (χ1n) is 6.47. The molecular formula is C15H20NO2. The van der Waals surface area contributed by atoms with Crippen LogP contribution in [0.2, 0.25) is 0 Å². The molecule has 0 aromatic heterocycles. The number of rotatable bonds is 2. The summed E-state index contributed by atoms with van der Waals surface area (Å²) in [4.78, 5) is 13.4. The summed E-state index contributed by atoms with van der Waals surface area (Å²) < 4.78 is 0. The number of carbonyl (C=O) groups is 1. The Morgan fingerprint density at radius 3 is 2.56 bits per heavy atom. The molecule has 1 aromatic rings. The molecule has 0 saturated carbocycles. The minimum absolute atomic E-state index is 0.156. The van der Waals surface area contributed by atoms with Gasteiger partial charge in [0.05, 0.1) is 0 Å². The zero-order valence-electron chi connectivity index (χ0n) is 10.8. The number of nitrogens with zero attached hydrogens (tertiary/aromatic N) is 1. The molecule has 1 N–H and O–H groups in total. The van der Waals surface area contributed by atoms with Gasteiger partial charge in [-0.15, -0.1) is 0 Å². The van der Waals surface area contributed by atoms with E-state index in [2.05, 4.69) is 13.0 Å². The van der Waals surface area contributed by atoms with Gasteiger partial charge < -0.3 is 10.0 Å². The fourth-order valence-corrected chi connectivity index (χ4v) is 2.61. The lowest BCUT2D eigenvalue weighted by Crippen LogP contribution is -2.42. The number of carbonyl (C=O) groups excluding carboxylic acids is 1. The van der Waals surface area contributed by atoms with Gasteiger partial charge in [-0.1, -0.05) is 24.3 Å². The van der Waals surface area contributed by atoms with E-state index in [1.54, 1.807) is 4.90 Å². The van der Waals surface area contributed by atoms with Crippen molar-refractivity contribution in [3.8, 4) is 0 Å². The highest BCUT2D eigenvalue weighted by molar-refractivity contribution is 5.80. The Balaban J connectivity index is 1.99. The quantitative estimate of drug-likeness (QED) is 0.866. The van der Waals surface area contributed by atoms with Crippen LogP contribution in [0.3, 0.4) is 0 Å². The molecule has 0 bridgehead atoms. The molecule has 18 heavy (non-hydrogen) atoms. The summed E-state index contributed by atoms with van der Waals surface area (Å²) in [6.45, 7) is 7.03. The Hall–Kier alpha value is -1.35. The van der Waals surface area contributed by atoms with Crippen LogP contribution >= 0.6 is 0 Å². The molecule has 3 heteroatoms. The Kier molecular flexibility index (Phi) is 4.02. The third-order valence-corrected chi connectivity index (χ3v) is 3.66. The highest BCUT2D eigenvalue weighted by Crippen LogP contribution is 2.30. The van der Waals surface area contributed by atoms with E-state index in [1.165, 1.54) is 12.5 Å². The van der Waals surface area contributed by atoms with Crippen LogP contribution in [0.15, 0.2) is 24.3 Å². The van der Waals surface area contributed by atoms with E-state index in [9.17, 15) is 9.90 Å². The Bertz CT molecular complexity index is 420. The lowest BCUT2D eigenvalue weighted by atomic mass is 9.87. The monoisotopic (exact) mass is 246 g/mol. The molecule has 2 rings (SSSR count). The van der Waals surface area contributed by atoms with Crippen LogP contribution in [0.25, 0.3) is 0 Å². The SMILES string of the molecule is [CH2]c1ccccc1C1CCN(C(=O)[C@H](C)O)CC1. The van der Waals surface area contributed by atoms with Gasteiger partial charge in [0.1, 0.15) is 6.10 Å². The maximum Gasteiger partial charge on any atom is 0.251 e. The molecule has 0 aliphatic carbocycles.